The van der Waals surface area contributed by atoms with Crippen molar-refractivity contribution in [1.82, 2.24) is 15.0 Å². The molecule has 0 bridgehead atoms. The molecule has 0 unspecified atom stereocenters. The number of pyridine rings is 1. The Balaban J connectivity index is 2.05. The molecule has 3 N–H and O–H groups in total. The van der Waals surface area contributed by atoms with Crippen LogP contribution in [0.2, 0.25) is 5.15 Å². The summed E-state index contributed by atoms with van der Waals surface area (Å²) in [6, 6.07) is 7.31. The van der Waals surface area contributed by atoms with Gasteiger partial charge in [-0.1, -0.05) is 17.7 Å². The predicted octanol–water partition coefficient (Wildman–Crippen LogP) is 1.72. The topological polar surface area (TPSA) is 76.7 Å². The number of anilines is 2. The first-order valence-corrected chi connectivity index (χ1v) is 5.05. The van der Waals surface area contributed by atoms with Crippen molar-refractivity contribution in [2.45, 2.75) is 6.54 Å². The van der Waals surface area contributed by atoms with E-state index in [0.717, 1.165) is 5.69 Å². The largest absolute Gasteiger partial charge is 0.368 e. The summed E-state index contributed by atoms with van der Waals surface area (Å²) in [5, 5.41) is 3.38. The maximum Gasteiger partial charge on any atom is 0.223 e. The molecule has 0 spiro atoms. The lowest BCUT2D eigenvalue weighted by Gasteiger charge is -2.05. The van der Waals surface area contributed by atoms with Crippen LogP contribution in [0.3, 0.4) is 0 Å². The fraction of sp³-hybridized carbons (Fsp3) is 0.100. The first kappa shape index (κ1) is 10.6. The Labute approximate surface area is 97.7 Å². The van der Waals surface area contributed by atoms with E-state index >= 15 is 0 Å². The van der Waals surface area contributed by atoms with Gasteiger partial charge < -0.3 is 11.1 Å². The van der Waals surface area contributed by atoms with E-state index in [1.165, 1.54) is 0 Å². The van der Waals surface area contributed by atoms with Crippen LogP contribution in [0.25, 0.3) is 0 Å². The van der Waals surface area contributed by atoms with Gasteiger partial charge in [0.2, 0.25) is 5.95 Å². The number of hydrogen-bond donors (Lipinski definition) is 2. The van der Waals surface area contributed by atoms with Crippen LogP contribution < -0.4 is 11.1 Å². The zero-order valence-corrected chi connectivity index (χ0v) is 9.15. The summed E-state index contributed by atoms with van der Waals surface area (Å²) in [7, 11) is 0. The average Bonchev–Trinajstić information content (AvgIpc) is 2.27. The van der Waals surface area contributed by atoms with Crippen molar-refractivity contribution in [3.8, 4) is 0 Å². The second-order valence-corrected chi connectivity index (χ2v) is 3.50. The maximum atomic E-state index is 5.75. The lowest BCUT2D eigenvalue weighted by Crippen LogP contribution is -2.05. The molecule has 0 aliphatic heterocycles. The molecule has 0 radical (unpaired) electrons. The quantitative estimate of drug-likeness (QED) is 0.793. The Hall–Kier alpha value is -1.88. The molecule has 2 rings (SSSR count). The third-order valence-electron chi connectivity index (χ3n) is 1.89. The number of nitrogens with two attached hydrogens (primary N) is 1. The maximum absolute atomic E-state index is 5.75. The molecule has 0 saturated heterocycles. The minimum Gasteiger partial charge on any atom is -0.368 e. The molecule has 5 nitrogen and oxygen atoms in total. The van der Waals surface area contributed by atoms with Gasteiger partial charge in [-0.05, 0) is 12.1 Å². The minimum absolute atomic E-state index is 0.149. The van der Waals surface area contributed by atoms with Crippen molar-refractivity contribution in [2.24, 2.45) is 0 Å². The molecule has 16 heavy (non-hydrogen) atoms. The van der Waals surface area contributed by atoms with Gasteiger partial charge in [-0.2, -0.15) is 4.98 Å². The molecule has 0 aliphatic rings. The molecule has 2 aromatic heterocycles. The van der Waals surface area contributed by atoms with Crippen molar-refractivity contribution in [3.63, 3.8) is 0 Å². The summed E-state index contributed by atoms with van der Waals surface area (Å²) in [6.45, 7) is 0.563. The zero-order valence-electron chi connectivity index (χ0n) is 8.39. The Morgan fingerprint density at radius 1 is 1.31 bits per heavy atom. The van der Waals surface area contributed by atoms with E-state index in [1.54, 1.807) is 12.3 Å². The van der Waals surface area contributed by atoms with E-state index < -0.39 is 0 Å². The summed E-state index contributed by atoms with van der Waals surface area (Å²) in [6.07, 6.45) is 1.73. The van der Waals surface area contributed by atoms with Crippen LogP contribution in [-0.2, 0) is 6.54 Å². The second-order valence-electron chi connectivity index (χ2n) is 3.11. The molecule has 2 heterocycles. The van der Waals surface area contributed by atoms with Gasteiger partial charge in [0.05, 0.1) is 12.2 Å². The first-order chi connectivity index (χ1) is 7.74. The fourth-order valence-electron chi connectivity index (χ4n) is 1.21. The zero-order chi connectivity index (χ0) is 11.4. The summed E-state index contributed by atoms with van der Waals surface area (Å²) in [5.74, 6) is 0.735. The molecule has 0 aliphatic carbocycles. The SMILES string of the molecule is Nc1nc(Cl)cc(NCc2ccccn2)n1. The van der Waals surface area contributed by atoms with E-state index in [1.807, 2.05) is 18.2 Å². The molecule has 2 aromatic rings. The van der Waals surface area contributed by atoms with E-state index in [9.17, 15) is 0 Å². The molecule has 0 amide bonds. The molecular formula is C10H10ClN5. The van der Waals surface area contributed by atoms with Crippen molar-refractivity contribution in [3.05, 3.63) is 41.3 Å². The number of rotatable bonds is 3. The third-order valence-corrected chi connectivity index (χ3v) is 2.08. The summed E-state index contributed by atoms with van der Waals surface area (Å²) in [4.78, 5) is 11.9. The number of aromatic nitrogens is 3. The lowest BCUT2D eigenvalue weighted by molar-refractivity contribution is 1.02. The van der Waals surface area contributed by atoms with Crippen LogP contribution in [0, 0.1) is 0 Å². The van der Waals surface area contributed by atoms with Gasteiger partial charge in [-0.15, -0.1) is 0 Å². The molecule has 0 saturated carbocycles. The molecule has 0 fully saturated rings. The van der Waals surface area contributed by atoms with Crippen LogP contribution in [0.1, 0.15) is 5.69 Å². The smallest absolute Gasteiger partial charge is 0.223 e. The van der Waals surface area contributed by atoms with Crippen LogP contribution in [0.5, 0.6) is 0 Å². The number of hydrogen-bond acceptors (Lipinski definition) is 5. The van der Waals surface area contributed by atoms with Crippen molar-refractivity contribution in [1.29, 1.82) is 0 Å². The van der Waals surface area contributed by atoms with Crippen molar-refractivity contribution >= 4 is 23.4 Å². The van der Waals surface area contributed by atoms with Crippen molar-refractivity contribution in [2.75, 3.05) is 11.1 Å². The fourth-order valence-corrected chi connectivity index (χ4v) is 1.40. The highest BCUT2D eigenvalue weighted by Crippen LogP contribution is 2.12. The van der Waals surface area contributed by atoms with Gasteiger partial charge in [0.25, 0.3) is 0 Å². The highest BCUT2D eigenvalue weighted by molar-refractivity contribution is 6.29. The molecule has 6 heteroatoms. The van der Waals surface area contributed by atoms with E-state index in [2.05, 4.69) is 20.3 Å². The Morgan fingerprint density at radius 3 is 2.88 bits per heavy atom. The highest BCUT2D eigenvalue weighted by atomic mass is 35.5. The van der Waals surface area contributed by atoms with Crippen LogP contribution >= 0.6 is 11.6 Å². The monoisotopic (exact) mass is 235 g/mol. The minimum atomic E-state index is 0.149. The number of halogens is 1. The van der Waals surface area contributed by atoms with E-state index in [0.29, 0.717) is 17.5 Å². The van der Waals surface area contributed by atoms with Crippen LogP contribution in [-0.4, -0.2) is 15.0 Å². The number of nitrogen functional groups attached to an aromatic ring is 1. The lowest BCUT2D eigenvalue weighted by atomic mass is 10.3. The average molecular weight is 236 g/mol. The summed E-state index contributed by atoms with van der Waals surface area (Å²) < 4.78 is 0. The van der Waals surface area contributed by atoms with E-state index in [4.69, 9.17) is 17.3 Å². The first-order valence-electron chi connectivity index (χ1n) is 4.68. The summed E-state index contributed by atoms with van der Waals surface area (Å²) in [5.41, 5.74) is 6.38. The van der Waals surface area contributed by atoms with Gasteiger partial charge in [0, 0.05) is 12.3 Å². The molecule has 0 atom stereocenters. The van der Waals surface area contributed by atoms with Crippen LogP contribution in [0.4, 0.5) is 11.8 Å². The molecule has 82 valence electrons. The molecular weight excluding hydrogens is 226 g/mol. The van der Waals surface area contributed by atoms with Gasteiger partial charge in [0.1, 0.15) is 11.0 Å². The predicted molar refractivity (Wildman–Crippen MR) is 63.0 cm³/mol. The van der Waals surface area contributed by atoms with Gasteiger partial charge in [0.15, 0.2) is 0 Å². The summed E-state index contributed by atoms with van der Waals surface area (Å²) >= 11 is 5.75. The van der Waals surface area contributed by atoms with Crippen LogP contribution in [0.15, 0.2) is 30.5 Å². The van der Waals surface area contributed by atoms with E-state index in [-0.39, 0.29) is 5.95 Å². The number of nitrogens with one attached hydrogen (secondary N) is 1. The highest BCUT2D eigenvalue weighted by Gasteiger charge is 2.00. The standard InChI is InChI=1S/C10H10ClN5/c11-8-5-9(16-10(12)15-8)14-6-7-3-1-2-4-13-7/h1-5H,6H2,(H3,12,14,15,16). The van der Waals surface area contributed by atoms with Gasteiger partial charge in [-0.3, -0.25) is 4.98 Å². The Kier molecular flexibility index (Phi) is 3.16. The number of nitrogens with zero attached hydrogens (tertiary/aromatic N) is 3. The van der Waals surface area contributed by atoms with Gasteiger partial charge in [-0.25, -0.2) is 4.98 Å². The molecule has 0 aromatic carbocycles. The Bertz CT molecular complexity index is 454. The Morgan fingerprint density at radius 2 is 2.19 bits per heavy atom. The second kappa shape index (κ2) is 4.76. The normalized spacial score (nSPS) is 10.1. The van der Waals surface area contributed by atoms with Crippen molar-refractivity contribution < 1.29 is 0 Å². The van der Waals surface area contributed by atoms with Gasteiger partial charge >= 0.3 is 0 Å². The third kappa shape index (κ3) is 2.80.